The van der Waals surface area contributed by atoms with Crippen molar-refractivity contribution < 1.29 is 4.74 Å². The minimum absolute atomic E-state index is 0.642. The molecule has 0 spiro atoms. The van der Waals surface area contributed by atoms with Gasteiger partial charge in [0.1, 0.15) is 5.75 Å². The van der Waals surface area contributed by atoms with E-state index in [0.717, 1.165) is 22.4 Å². The van der Waals surface area contributed by atoms with E-state index in [4.69, 9.17) is 4.74 Å². The van der Waals surface area contributed by atoms with E-state index in [0.29, 0.717) is 6.61 Å². The van der Waals surface area contributed by atoms with Crippen LogP contribution in [0.2, 0.25) is 0 Å². The Bertz CT molecular complexity index is 809. The number of ether oxygens (including phenoxy) is 1. The topological polar surface area (TPSA) is 21.6 Å². The molecule has 3 heteroatoms. The van der Waals surface area contributed by atoms with Gasteiger partial charge in [0.15, 0.2) is 0 Å². The molecule has 0 bridgehead atoms. The van der Waals surface area contributed by atoms with Crippen molar-refractivity contribution in [2.45, 2.75) is 6.92 Å². The van der Waals surface area contributed by atoms with Crippen LogP contribution in [0.15, 0.2) is 65.7 Å². The van der Waals surface area contributed by atoms with Gasteiger partial charge in [0.25, 0.3) is 0 Å². The van der Waals surface area contributed by atoms with Crippen molar-refractivity contribution in [1.82, 2.24) is 0 Å². The van der Waals surface area contributed by atoms with Crippen molar-refractivity contribution in [1.29, 1.82) is 0 Å². The maximum Gasteiger partial charge on any atom is 0.128 e. The van der Waals surface area contributed by atoms with Gasteiger partial charge in [0.05, 0.1) is 12.3 Å². The molecular formula is C19H16INO. The molecule has 3 aromatic carbocycles. The van der Waals surface area contributed by atoms with Crippen LogP contribution in [0.5, 0.6) is 5.75 Å². The van der Waals surface area contributed by atoms with Gasteiger partial charge in [0, 0.05) is 15.3 Å². The zero-order valence-corrected chi connectivity index (χ0v) is 14.4. The van der Waals surface area contributed by atoms with Crippen molar-refractivity contribution >= 4 is 45.3 Å². The van der Waals surface area contributed by atoms with Gasteiger partial charge >= 0.3 is 0 Å². The number of hydrogen-bond donors (Lipinski definition) is 0. The van der Waals surface area contributed by atoms with E-state index in [1.54, 1.807) is 0 Å². The van der Waals surface area contributed by atoms with Crippen molar-refractivity contribution in [2.24, 2.45) is 4.99 Å². The van der Waals surface area contributed by atoms with Gasteiger partial charge in [-0.15, -0.1) is 0 Å². The minimum atomic E-state index is 0.642. The summed E-state index contributed by atoms with van der Waals surface area (Å²) >= 11 is 2.29. The molecule has 0 N–H and O–H groups in total. The monoisotopic (exact) mass is 401 g/mol. The Morgan fingerprint density at radius 1 is 1.00 bits per heavy atom. The Morgan fingerprint density at radius 3 is 2.55 bits per heavy atom. The molecule has 0 heterocycles. The molecule has 0 unspecified atom stereocenters. The number of rotatable bonds is 4. The number of aliphatic imine (C=N–C) groups is 1. The summed E-state index contributed by atoms with van der Waals surface area (Å²) in [5.74, 6) is 0.871. The van der Waals surface area contributed by atoms with E-state index >= 15 is 0 Å². The maximum absolute atomic E-state index is 5.76. The summed E-state index contributed by atoms with van der Waals surface area (Å²) in [6.45, 7) is 2.64. The van der Waals surface area contributed by atoms with E-state index in [2.05, 4.69) is 57.9 Å². The van der Waals surface area contributed by atoms with Gasteiger partial charge < -0.3 is 4.74 Å². The number of nitrogens with zero attached hydrogens (tertiary/aromatic N) is 1. The van der Waals surface area contributed by atoms with Gasteiger partial charge in [0.2, 0.25) is 0 Å². The molecule has 0 aliphatic carbocycles. The number of benzene rings is 3. The number of hydrogen-bond acceptors (Lipinski definition) is 2. The summed E-state index contributed by atoms with van der Waals surface area (Å²) in [6.07, 6.45) is 1.90. The molecule has 0 fully saturated rings. The van der Waals surface area contributed by atoms with Crippen LogP contribution >= 0.6 is 22.6 Å². The SMILES string of the molecule is CCOc1ccc2ccccc2c1C=Nc1ccc(I)cc1. The van der Waals surface area contributed by atoms with Gasteiger partial charge in [-0.1, -0.05) is 30.3 Å². The number of halogens is 1. The second-order valence-electron chi connectivity index (χ2n) is 4.87. The highest BCUT2D eigenvalue weighted by molar-refractivity contribution is 14.1. The predicted octanol–water partition coefficient (Wildman–Crippen LogP) is 5.59. The highest BCUT2D eigenvalue weighted by Gasteiger charge is 2.06. The molecule has 110 valence electrons. The summed E-state index contributed by atoms with van der Waals surface area (Å²) in [7, 11) is 0. The van der Waals surface area contributed by atoms with E-state index in [1.165, 1.54) is 8.96 Å². The molecule has 0 aromatic heterocycles. The zero-order valence-electron chi connectivity index (χ0n) is 12.3. The van der Waals surface area contributed by atoms with E-state index in [9.17, 15) is 0 Å². The third-order valence-corrected chi connectivity index (χ3v) is 4.12. The minimum Gasteiger partial charge on any atom is -0.493 e. The number of fused-ring (bicyclic) bond motifs is 1. The van der Waals surface area contributed by atoms with Crippen molar-refractivity contribution in [3.63, 3.8) is 0 Å². The highest BCUT2D eigenvalue weighted by atomic mass is 127. The fourth-order valence-corrected chi connectivity index (χ4v) is 2.72. The summed E-state index contributed by atoms with van der Waals surface area (Å²) in [4.78, 5) is 4.60. The van der Waals surface area contributed by atoms with E-state index in [-0.39, 0.29) is 0 Å². The standard InChI is InChI=1S/C19H16INO/c1-2-22-19-12-7-14-5-3-4-6-17(14)18(19)13-21-16-10-8-15(20)9-11-16/h3-13H,2H2,1H3. The molecule has 0 saturated heterocycles. The Morgan fingerprint density at radius 2 is 1.77 bits per heavy atom. The summed E-state index contributed by atoms with van der Waals surface area (Å²) in [5, 5.41) is 2.35. The first kappa shape index (κ1) is 15.0. The highest BCUT2D eigenvalue weighted by Crippen LogP contribution is 2.27. The average molecular weight is 401 g/mol. The fraction of sp³-hybridized carbons (Fsp3) is 0.105. The molecule has 0 aliphatic heterocycles. The molecule has 0 radical (unpaired) electrons. The van der Waals surface area contributed by atoms with Crippen molar-refractivity contribution in [3.8, 4) is 5.75 Å². The molecule has 3 aromatic rings. The van der Waals surface area contributed by atoms with Crippen LogP contribution < -0.4 is 4.74 Å². The molecule has 3 rings (SSSR count). The quantitative estimate of drug-likeness (QED) is 0.412. The Kier molecular flexibility index (Phi) is 4.73. The smallest absolute Gasteiger partial charge is 0.128 e. The van der Waals surface area contributed by atoms with E-state index < -0.39 is 0 Å². The Balaban J connectivity index is 2.07. The summed E-state index contributed by atoms with van der Waals surface area (Å²) < 4.78 is 6.97. The van der Waals surface area contributed by atoms with Gasteiger partial charge in [-0.05, 0) is 70.6 Å². The van der Waals surface area contributed by atoms with Crippen LogP contribution in [0.1, 0.15) is 12.5 Å². The van der Waals surface area contributed by atoms with E-state index in [1.807, 2.05) is 43.5 Å². The van der Waals surface area contributed by atoms with Crippen LogP contribution in [0.4, 0.5) is 5.69 Å². The second kappa shape index (κ2) is 6.92. The average Bonchev–Trinajstić information content (AvgIpc) is 2.55. The molecule has 0 atom stereocenters. The lowest BCUT2D eigenvalue weighted by molar-refractivity contribution is 0.340. The lowest BCUT2D eigenvalue weighted by Gasteiger charge is -2.10. The molecule has 0 aliphatic rings. The first-order chi connectivity index (χ1) is 10.8. The molecule has 2 nitrogen and oxygen atoms in total. The summed E-state index contributed by atoms with van der Waals surface area (Å²) in [6, 6.07) is 20.5. The fourth-order valence-electron chi connectivity index (χ4n) is 2.36. The second-order valence-corrected chi connectivity index (χ2v) is 6.11. The lowest BCUT2D eigenvalue weighted by atomic mass is 10.0. The largest absolute Gasteiger partial charge is 0.493 e. The van der Waals surface area contributed by atoms with Crippen LogP contribution in [-0.4, -0.2) is 12.8 Å². The predicted molar refractivity (Wildman–Crippen MR) is 102 cm³/mol. The molecular weight excluding hydrogens is 385 g/mol. The van der Waals surface area contributed by atoms with Crippen molar-refractivity contribution in [3.05, 3.63) is 69.8 Å². The Hall–Kier alpha value is -1.88. The van der Waals surface area contributed by atoms with Crippen LogP contribution in [0.3, 0.4) is 0 Å². The van der Waals surface area contributed by atoms with Gasteiger partial charge in [-0.2, -0.15) is 0 Å². The lowest BCUT2D eigenvalue weighted by Crippen LogP contribution is -1.97. The van der Waals surface area contributed by atoms with Crippen LogP contribution in [-0.2, 0) is 0 Å². The van der Waals surface area contributed by atoms with Gasteiger partial charge in [-0.3, -0.25) is 4.99 Å². The van der Waals surface area contributed by atoms with Crippen LogP contribution in [0, 0.1) is 3.57 Å². The third kappa shape index (κ3) is 3.30. The third-order valence-electron chi connectivity index (χ3n) is 3.40. The van der Waals surface area contributed by atoms with Crippen LogP contribution in [0.25, 0.3) is 10.8 Å². The maximum atomic E-state index is 5.76. The Labute approximate surface area is 144 Å². The zero-order chi connectivity index (χ0) is 15.4. The first-order valence-electron chi connectivity index (χ1n) is 7.22. The molecule has 0 saturated carbocycles. The molecule has 22 heavy (non-hydrogen) atoms. The van der Waals surface area contributed by atoms with Gasteiger partial charge in [-0.25, -0.2) is 0 Å². The summed E-state index contributed by atoms with van der Waals surface area (Å²) in [5.41, 5.74) is 1.97. The normalized spacial score (nSPS) is 11.2. The van der Waals surface area contributed by atoms with Crippen molar-refractivity contribution in [2.75, 3.05) is 6.61 Å². The first-order valence-corrected chi connectivity index (χ1v) is 8.30. The molecule has 0 amide bonds.